The molecule has 1 atom stereocenters. The summed E-state index contributed by atoms with van der Waals surface area (Å²) in [6.45, 7) is 10.4. The first-order chi connectivity index (χ1) is 9.30. The van der Waals surface area contributed by atoms with Crippen LogP contribution in [0.25, 0.3) is 0 Å². The first kappa shape index (κ1) is 19.2. The average molecular weight is 302 g/mol. The van der Waals surface area contributed by atoms with Crippen molar-refractivity contribution >= 4 is 18.0 Å². The lowest BCUT2D eigenvalue weighted by Gasteiger charge is -2.27. The van der Waals surface area contributed by atoms with Crippen molar-refractivity contribution in [2.45, 2.75) is 59.6 Å². The lowest BCUT2D eigenvalue weighted by atomic mass is 9.88. The second kappa shape index (κ2) is 7.28. The van der Waals surface area contributed by atoms with Crippen LogP contribution >= 0.6 is 0 Å². The second-order valence-electron chi connectivity index (χ2n) is 7.08. The summed E-state index contributed by atoms with van der Waals surface area (Å²) < 4.78 is 5.11. The summed E-state index contributed by atoms with van der Waals surface area (Å²) in [6, 6.07) is -0.848. The van der Waals surface area contributed by atoms with E-state index in [0.717, 1.165) is 0 Å². The van der Waals surface area contributed by atoms with Crippen LogP contribution in [-0.2, 0) is 14.3 Å². The van der Waals surface area contributed by atoms with Crippen LogP contribution in [0.4, 0.5) is 4.79 Å². The number of hydrogen-bond donors (Lipinski definition) is 3. The lowest BCUT2D eigenvalue weighted by molar-refractivity contribution is -0.138. The maximum atomic E-state index is 12.0. The Kier molecular flexibility index (Phi) is 6.66. The van der Waals surface area contributed by atoms with Gasteiger partial charge >= 0.3 is 12.1 Å². The molecule has 0 heterocycles. The number of aliphatic carboxylic acids is 1. The van der Waals surface area contributed by atoms with Gasteiger partial charge in [-0.25, -0.2) is 4.79 Å². The molecule has 21 heavy (non-hydrogen) atoms. The zero-order chi connectivity index (χ0) is 16.8. The summed E-state index contributed by atoms with van der Waals surface area (Å²) >= 11 is 0. The van der Waals surface area contributed by atoms with Gasteiger partial charge in [-0.1, -0.05) is 20.8 Å². The van der Waals surface area contributed by atoms with Crippen LogP contribution in [0, 0.1) is 5.41 Å². The molecule has 0 aromatic carbocycles. The fourth-order valence-electron chi connectivity index (χ4n) is 1.56. The van der Waals surface area contributed by atoms with Gasteiger partial charge in [0.25, 0.3) is 0 Å². The van der Waals surface area contributed by atoms with Crippen LogP contribution in [0.2, 0.25) is 0 Å². The third-order valence-electron chi connectivity index (χ3n) is 2.24. The molecule has 0 aliphatic heterocycles. The van der Waals surface area contributed by atoms with E-state index in [1.807, 2.05) is 20.8 Å². The molecule has 0 bridgehead atoms. The van der Waals surface area contributed by atoms with Crippen LogP contribution in [0.1, 0.15) is 48.0 Å². The monoisotopic (exact) mass is 302 g/mol. The molecule has 2 amide bonds. The number of nitrogens with one attached hydrogen (secondary N) is 2. The van der Waals surface area contributed by atoms with E-state index in [0.29, 0.717) is 6.42 Å². The molecule has 0 rings (SSSR count). The Balaban J connectivity index is 4.78. The van der Waals surface area contributed by atoms with E-state index in [1.54, 1.807) is 20.8 Å². The highest BCUT2D eigenvalue weighted by atomic mass is 16.6. The van der Waals surface area contributed by atoms with Crippen molar-refractivity contribution < 1.29 is 24.2 Å². The minimum atomic E-state index is -1.14. The Bertz CT molecular complexity index is 393. The second-order valence-corrected chi connectivity index (χ2v) is 7.08. The summed E-state index contributed by atoms with van der Waals surface area (Å²) in [4.78, 5) is 34.2. The number of alkyl carbamates (subject to hydrolysis) is 1. The van der Waals surface area contributed by atoms with Gasteiger partial charge in [0.05, 0.1) is 0 Å². The van der Waals surface area contributed by atoms with Crippen molar-refractivity contribution in [1.29, 1.82) is 0 Å². The van der Waals surface area contributed by atoms with Gasteiger partial charge in [-0.15, -0.1) is 0 Å². The van der Waals surface area contributed by atoms with Crippen molar-refractivity contribution in [2.75, 3.05) is 6.54 Å². The standard InChI is InChI=1S/C14H26N2O5/c1-13(2,3)7-9(11(19)15-8-10(17)18)16-12(20)21-14(4,5)6/h9H,7-8H2,1-6H3,(H,15,19)(H,16,20)(H,17,18)/t9-/m1/s1. The lowest BCUT2D eigenvalue weighted by Crippen LogP contribution is -2.50. The molecule has 0 aliphatic rings. The summed E-state index contributed by atoms with van der Waals surface area (Å²) in [6.07, 6.45) is -0.347. The first-order valence-corrected chi connectivity index (χ1v) is 6.79. The van der Waals surface area contributed by atoms with Crippen molar-refractivity contribution in [3.63, 3.8) is 0 Å². The molecule has 0 unspecified atom stereocenters. The van der Waals surface area contributed by atoms with Gasteiger partial charge in [0.1, 0.15) is 18.2 Å². The maximum absolute atomic E-state index is 12.0. The molecule has 7 heteroatoms. The first-order valence-electron chi connectivity index (χ1n) is 6.79. The van der Waals surface area contributed by atoms with E-state index in [-0.39, 0.29) is 5.41 Å². The van der Waals surface area contributed by atoms with Crippen LogP contribution < -0.4 is 10.6 Å². The fraction of sp³-hybridized carbons (Fsp3) is 0.786. The zero-order valence-corrected chi connectivity index (χ0v) is 13.6. The number of carboxylic acids is 1. The fourth-order valence-corrected chi connectivity index (χ4v) is 1.56. The van der Waals surface area contributed by atoms with Crippen molar-refractivity contribution in [2.24, 2.45) is 5.41 Å². The number of rotatable bonds is 5. The Hall–Kier alpha value is -1.79. The van der Waals surface area contributed by atoms with E-state index in [2.05, 4.69) is 10.6 Å². The van der Waals surface area contributed by atoms with E-state index in [4.69, 9.17) is 9.84 Å². The molecule has 0 aromatic rings. The number of ether oxygens (including phenoxy) is 1. The van der Waals surface area contributed by atoms with Crippen LogP contribution in [0.3, 0.4) is 0 Å². The zero-order valence-electron chi connectivity index (χ0n) is 13.6. The quantitative estimate of drug-likeness (QED) is 0.714. The van der Waals surface area contributed by atoms with E-state index in [9.17, 15) is 14.4 Å². The number of hydrogen-bond acceptors (Lipinski definition) is 4. The summed E-state index contributed by atoms with van der Waals surface area (Å²) in [5.74, 6) is -1.69. The summed E-state index contributed by atoms with van der Waals surface area (Å²) in [7, 11) is 0. The highest BCUT2D eigenvalue weighted by molar-refractivity contribution is 5.88. The molecular formula is C14H26N2O5. The number of carbonyl (C=O) groups excluding carboxylic acids is 2. The molecule has 122 valence electrons. The summed E-state index contributed by atoms with van der Waals surface area (Å²) in [5, 5.41) is 13.3. The Morgan fingerprint density at radius 3 is 2.00 bits per heavy atom. The normalized spacial score (nSPS) is 13.2. The van der Waals surface area contributed by atoms with Crippen molar-refractivity contribution in [3.05, 3.63) is 0 Å². The van der Waals surface area contributed by atoms with Crippen molar-refractivity contribution in [1.82, 2.24) is 10.6 Å². The highest BCUT2D eigenvalue weighted by Gasteiger charge is 2.28. The molecule has 0 saturated carbocycles. The minimum Gasteiger partial charge on any atom is -0.480 e. The molecule has 0 aliphatic carbocycles. The molecule has 0 saturated heterocycles. The molecule has 0 fully saturated rings. The van der Waals surface area contributed by atoms with E-state index >= 15 is 0 Å². The molecule has 0 radical (unpaired) electrons. The number of amides is 2. The Morgan fingerprint density at radius 1 is 1.10 bits per heavy atom. The van der Waals surface area contributed by atoms with Gasteiger partial charge in [-0.2, -0.15) is 0 Å². The average Bonchev–Trinajstić information content (AvgIpc) is 2.20. The highest BCUT2D eigenvalue weighted by Crippen LogP contribution is 2.21. The predicted molar refractivity (Wildman–Crippen MR) is 77.9 cm³/mol. The molecule has 0 spiro atoms. The molecule has 3 N–H and O–H groups in total. The third kappa shape index (κ3) is 10.6. The van der Waals surface area contributed by atoms with Gasteiger partial charge in [0.15, 0.2) is 0 Å². The topological polar surface area (TPSA) is 105 Å². The predicted octanol–water partition coefficient (Wildman–Crippen LogP) is 1.52. The van der Waals surface area contributed by atoms with E-state index in [1.165, 1.54) is 0 Å². The van der Waals surface area contributed by atoms with Gasteiger partial charge in [-0.05, 0) is 32.6 Å². The van der Waals surface area contributed by atoms with E-state index < -0.39 is 36.2 Å². The van der Waals surface area contributed by atoms with Gasteiger partial charge in [0.2, 0.25) is 5.91 Å². The van der Waals surface area contributed by atoms with Crippen LogP contribution in [0.5, 0.6) is 0 Å². The van der Waals surface area contributed by atoms with Crippen LogP contribution in [-0.4, -0.2) is 41.3 Å². The molecule has 0 aromatic heterocycles. The number of carbonyl (C=O) groups is 3. The smallest absolute Gasteiger partial charge is 0.408 e. The van der Waals surface area contributed by atoms with Crippen molar-refractivity contribution in [3.8, 4) is 0 Å². The third-order valence-corrected chi connectivity index (χ3v) is 2.24. The largest absolute Gasteiger partial charge is 0.480 e. The van der Waals surface area contributed by atoms with Gasteiger partial charge in [0, 0.05) is 0 Å². The van der Waals surface area contributed by atoms with Gasteiger partial charge in [-0.3, -0.25) is 9.59 Å². The number of carboxylic acid groups (broad SMARTS) is 1. The Labute approximate surface area is 125 Å². The SMILES string of the molecule is CC(C)(C)C[C@@H](NC(=O)OC(C)(C)C)C(=O)NCC(=O)O. The Morgan fingerprint density at radius 2 is 1.62 bits per heavy atom. The minimum absolute atomic E-state index is 0.222. The van der Waals surface area contributed by atoms with Gasteiger partial charge < -0.3 is 20.5 Å². The summed E-state index contributed by atoms with van der Waals surface area (Å²) in [5.41, 5.74) is -0.895. The molecular weight excluding hydrogens is 276 g/mol. The maximum Gasteiger partial charge on any atom is 0.408 e. The molecule has 7 nitrogen and oxygen atoms in total. The van der Waals surface area contributed by atoms with Crippen LogP contribution in [0.15, 0.2) is 0 Å².